The van der Waals surface area contributed by atoms with Crippen LogP contribution in [-0.4, -0.2) is 22.4 Å². The molecule has 0 aliphatic heterocycles. The maximum atomic E-state index is 12.0. The SMILES string of the molecule is CCCCCCCCCNC(=O)c1cnc2ccccc2n1. The number of carbonyl (C=O) groups is 1. The minimum absolute atomic E-state index is 0.135. The molecule has 2 rings (SSSR count). The summed E-state index contributed by atoms with van der Waals surface area (Å²) in [5, 5.41) is 2.92. The zero-order valence-electron chi connectivity index (χ0n) is 13.3. The lowest BCUT2D eigenvalue weighted by Crippen LogP contribution is -2.25. The quantitative estimate of drug-likeness (QED) is 0.709. The Balaban J connectivity index is 1.70. The molecule has 0 fully saturated rings. The number of unbranched alkanes of at least 4 members (excludes halogenated alkanes) is 6. The monoisotopic (exact) mass is 299 g/mol. The molecular weight excluding hydrogens is 274 g/mol. The van der Waals surface area contributed by atoms with Crippen LogP contribution >= 0.6 is 0 Å². The molecule has 0 aliphatic carbocycles. The Hall–Kier alpha value is -1.97. The maximum absolute atomic E-state index is 12.0. The van der Waals surface area contributed by atoms with E-state index in [1.807, 2.05) is 24.3 Å². The van der Waals surface area contributed by atoms with Crippen LogP contribution in [0.1, 0.15) is 62.4 Å². The molecule has 1 aromatic carbocycles. The highest BCUT2D eigenvalue weighted by Crippen LogP contribution is 2.09. The second-order valence-electron chi connectivity index (χ2n) is 5.62. The van der Waals surface area contributed by atoms with Gasteiger partial charge < -0.3 is 5.32 Å². The number of aromatic nitrogens is 2. The van der Waals surface area contributed by atoms with Crippen molar-refractivity contribution in [2.45, 2.75) is 51.9 Å². The first-order chi connectivity index (χ1) is 10.8. The first-order valence-electron chi connectivity index (χ1n) is 8.31. The van der Waals surface area contributed by atoms with E-state index in [1.165, 1.54) is 38.5 Å². The summed E-state index contributed by atoms with van der Waals surface area (Å²) in [6.45, 7) is 2.94. The molecule has 1 aromatic heterocycles. The number of benzene rings is 1. The normalized spacial score (nSPS) is 10.8. The van der Waals surface area contributed by atoms with Gasteiger partial charge in [-0.15, -0.1) is 0 Å². The van der Waals surface area contributed by atoms with Crippen LogP contribution in [-0.2, 0) is 0 Å². The highest BCUT2D eigenvalue weighted by molar-refractivity contribution is 5.93. The average molecular weight is 299 g/mol. The maximum Gasteiger partial charge on any atom is 0.271 e. The first kappa shape index (κ1) is 16.4. The van der Waals surface area contributed by atoms with E-state index in [9.17, 15) is 4.79 Å². The van der Waals surface area contributed by atoms with E-state index in [1.54, 1.807) is 6.20 Å². The van der Waals surface area contributed by atoms with Crippen molar-refractivity contribution in [3.63, 3.8) is 0 Å². The van der Waals surface area contributed by atoms with Crippen LogP contribution in [0.2, 0.25) is 0 Å². The van der Waals surface area contributed by atoms with Gasteiger partial charge in [0.15, 0.2) is 0 Å². The lowest BCUT2D eigenvalue weighted by Gasteiger charge is -2.05. The van der Waals surface area contributed by atoms with Crippen LogP contribution in [0, 0.1) is 0 Å². The Morgan fingerprint density at radius 2 is 1.68 bits per heavy atom. The largest absolute Gasteiger partial charge is 0.351 e. The lowest BCUT2D eigenvalue weighted by molar-refractivity contribution is 0.0948. The molecule has 4 heteroatoms. The number of nitrogens with one attached hydrogen (secondary N) is 1. The smallest absolute Gasteiger partial charge is 0.271 e. The van der Waals surface area contributed by atoms with E-state index in [0.29, 0.717) is 12.2 Å². The molecule has 0 spiro atoms. The fourth-order valence-corrected chi connectivity index (χ4v) is 2.44. The van der Waals surface area contributed by atoms with Crippen molar-refractivity contribution in [1.82, 2.24) is 15.3 Å². The number of amides is 1. The Labute approximate surface area is 132 Å². The van der Waals surface area contributed by atoms with Gasteiger partial charge in [-0.1, -0.05) is 57.6 Å². The summed E-state index contributed by atoms with van der Waals surface area (Å²) in [6.07, 6.45) is 10.2. The van der Waals surface area contributed by atoms with Crippen molar-refractivity contribution in [3.05, 3.63) is 36.2 Å². The second-order valence-corrected chi connectivity index (χ2v) is 5.62. The number of carbonyl (C=O) groups excluding carboxylic acids is 1. The van der Waals surface area contributed by atoms with Gasteiger partial charge in [0, 0.05) is 6.54 Å². The predicted molar refractivity (Wildman–Crippen MR) is 89.9 cm³/mol. The van der Waals surface area contributed by atoms with Crippen molar-refractivity contribution >= 4 is 16.9 Å². The van der Waals surface area contributed by atoms with Gasteiger partial charge in [0.25, 0.3) is 5.91 Å². The minimum atomic E-state index is -0.135. The highest BCUT2D eigenvalue weighted by atomic mass is 16.1. The summed E-state index contributed by atoms with van der Waals surface area (Å²) in [6, 6.07) is 7.58. The third-order valence-electron chi connectivity index (χ3n) is 3.75. The number of para-hydroxylation sites is 2. The van der Waals surface area contributed by atoms with Crippen LogP contribution in [0.15, 0.2) is 30.5 Å². The van der Waals surface area contributed by atoms with Gasteiger partial charge in [-0.25, -0.2) is 4.98 Å². The molecule has 1 heterocycles. The summed E-state index contributed by atoms with van der Waals surface area (Å²) in [4.78, 5) is 20.7. The van der Waals surface area contributed by atoms with E-state index in [2.05, 4.69) is 22.2 Å². The molecule has 0 radical (unpaired) electrons. The number of rotatable bonds is 9. The third-order valence-corrected chi connectivity index (χ3v) is 3.75. The summed E-state index contributed by atoms with van der Waals surface area (Å²) in [5.41, 5.74) is 1.96. The predicted octanol–water partition coefficient (Wildman–Crippen LogP) is 4.11. The second kappa shape index (κ2) is 9.13. The van der Waals surface area contributed by atoms with Crippen molar-refractivity contribution < 1.29 is 4.79 Å². The number of hydrogen-bond acceptors (Lipinski definition) is 3. The lowest BCUT2D eigenvalue weighted by atomic mass is 10.1. The molecule has 0 saturated carbocycles. The van der Waals surface area contributed by atoms with Gasteiger partial charge in [0.1, 0.15) is 5.69 Å². The molecule has 1 N–H and O–H groups in total. The molecule has 0 aliphatic rings. The molecule has 0 atom stereocenters. The Kier molecular flexibility index (Phi) is 6.81. The molecule has 118 valence electrons. The molecule has 1 amide bonds. The minimum Gasteiger partial charge on any atom is -0.351 e. The summed E-state index contributed by atoms with van der Waals surface area (Å²) >= 11 is 0. The number of hydrogen-bond donors (Lipinski definition) is 1. The van der Waals surface area contributed by atoms with Crippen molar-refractivity contribution in [2.75, 3.05) is 6.54 Å². The van der Waals surface area contributed by atoms with Gasteiger partial charge in [-0.05, 0) is 18.6 Å². The van der Waals surface area contributed by atoms with Gasteiger partial charge in [-0.2, -0.15) is 0 Å². The van der Waals surface area contributed by atoms with Crippen molar-refractivity contribution in [1.29, 1.82) is 0 Å². The van der Waals surface area contributed by atoms with Crippen LogP contribution in [0.3, 0.4) is 0 Å². The van der Waals surface area contributed by atoms with Crippen molar-refractivity contribution in [3.8, 4) is 0 Å². The average Bonchev–Trinajstić information content (AvgIpc) is 2.56. The van der Waals surface area contributed by atoms with Crippen LogP contribution < -0.4 is 5.32 Å². The van der Waals surface area contributed by atoms with E-state index in [-0.39, 0.29) is 5.91 Å². The fourth-order valence-electron chi connectivity index (χ4n) is 2.44. The van der Waals surface area contributed by atoms with E-state index in [4.69, 9.17) is 0 Å². The zero-order valence-corrected chi connectivity index (χ0v) is 13.3. The zero-order chi connectivity index (χ0) is 15.6. The molecule has 4 nitrogen and oxygen atoms in total. The molecule has 0 unspecified atom stereocenters. The summed E-state index contributed by atoms with van der Waals surface area (Å²) < 4.78 is 0. The van der Waals surface area contributed by atoms with Gasteiger partial charge >= 0.3 is 0 Å². The Morgan fingerprint density at radius 1 is 1.00 bits per heavy atom. The Morgan fingerprint density at radius 3 is 2.45 bits per heavy atom. The van der Waals surface area contributed by atoms with E-state index < -0.39 is 0 Å². The van der Waals surface area contributed by atoms with Crippen LogP contribution in [0.5, 0.6) is 0 Å². The molecule has 2 aromatic rings. The molecule has 0 bridgehead atoms. The number of fused-ring (bicyclic) bond motifs is 1. The third kappa shape index (κ3) is 5.10. The van der Waals surface area contributed by atoms with Gasteiger partial charge in [0.05, 0.1) is 17.2 Å². The van der Waals surface area contributed by atoms with Crippen molar-refractivity contribution in [2.24, 2.45) is 0 Å². The first-order valence-corrected chi connectivity index (χ1v) is 8.31. The van der Waals surface area contributed by atoms with Gasteiger partial charge in [-0.3, -0.25) is 9.78 Å². The molecule has 0 saturated heterocycles. The fraction of sp³-hybridized carbons (Fsp3) is 0.500. The highest BCUT2D eigenvalue weighted by Gasteiger charge is 2.08. The van der Waals surface area contributed by atoms with Crippen LogP contribution in [0.25, 0.3) is 11.0 Å². The molecular formula is C18H25N3O. The van der Waals surface area contributed by atoms with Gasteiger partial charge in [0.2, 0.25) is 0 Å². The standard InChI is InChI=1S/C18H25N3O/c1-2-3-4-5-6-7-10-13-19-18(22)17-14-20-15-11-8-9-12-16(15)21-17/h8-9,11-12,14H,2-7,10,13H2,1H3,(H,19,22). The van der Waals surface area contributed by atoms with E-state index >= 15 is 0 Å². The Bertz CT molecular complexity index is 598. The summed E-state index contributed by atoms with van der Waals surface area (Å²) in [5.74, 6) is -0.135. The molecule has 22 heavy (non-hydrogen) atoms. The van der Waals surface area contributed by atoms with Crippen LogP contribution in [0.4, 0.5) is 0 Å². The topological polar surface area (TPSA) is 54.9 Å². The number of nitrogens with zero attached hydrogens (tertiary/aromatic N) is 2. The summed E-state index contributed by atoms with van der Waals surface area (Å²) in [7, 11) is 0. The van der Waals surface area contributed by atoms with E-state index in [0.717, 1.165) is 17.5 Å².